The maximum Gasteiger partial charge on any atom is 0.139 e. The van der Waals surface area contributed by atoms with E-state index in [0.717, 1.165) is 17.9 Å². The van der Waals surface area contributed by atoms with Gasteiger partial charge >= 0.3 is 0 Å². The molecular weight excluding hydrogens is 315 g/mol. The lowest BCUT2D eigenvalue weighted by Crippen LogP contribution is -1.99. The predicted octanol–water partition coefficient (Wildman–Crippen LogP) is 6.64. The fourth-order valence-electron chi connectivity index (χ4n) is 2.89. The highest BCUT2D eigenvalue weighted by Gasteiger charge is 2.19. The first-order chi connectivity index (χ1) is 9.61. The van der Waals surface area contributed by atoms with E-state index in [-0.39, 0.29) is 5.38 Å². The van der Waals surface area contributed by atoms with E-state index in [1.54, 1.807) is 6.07 Å². The number of hydrogen-bond donors (Lipinski definition) is 0. The van der Waals surface area contributed by atoms with Crippen LogP contribution in [0.5, 0.6) is 5.75 Å². The lowest BCUT2D eigenvalue weighted by Gasteiger charge is -2.16. The molecule has 20 heavy (non-hydrogen) atoms. The van der Waals surface area contributed by atoms with Crippen molar-refractivity contribution in [2.24, 2.45) is 5.92 Å². The molecule has 0 heterocycles. The molecular formula is C16H21Cl3O. The van der Waals surface area contributed by atoms with Crippen LogP contribution >= 0.6 is 34.8 Å². The number of ether oxygens (including phenoxy) is 1. The molecule has 0 aliphatic heterocycles. The molecule has 112 valence electrons. The van der Waals surface area contributed by atoms with Gasteiger partial charge < -0.3 is 4.74 Å². The van der Waals surface area contributed by atoms with Crippen LogP contribution in [0.2, 0.25) is 10.0 Å². The number of rotatable bonds is 6. The average molecular weight is 336 g/mol. The number of hydrogen-bond acceptors (Lipinski definition) is 1. The van der Waals surface area contributed by atoms with Gasteiger partial charge in [-0.3, -0.25) is 0 Å². The normalized spacial score (nSPS) is 17.4. The zero-order valence-corrected chi connectivity index (χ0v) is 14.1. The molecule has 1 atom stereocenters. The van der Waals surface area contributed by atoms with Gasteiger partial charge in [-0.25, -0.2) is 0 Å². The molecule has 1 saturated carbocycles. The van der Waals surface area contributed by atoms with Gasteiger partial charge in [0.15, 0.2) is 0 Å². The van der Waals surface area contributed by atoms with Gasteiger partial charge in [0, 0.05) is 11.1 Å². The summed E-state index contributed by atoms with van der Waals surface area (Å²) in [6.45, 7) is 2.49. The van der Waals surface area contributed by atoms with Gasteiger partial charge in [0.05, 0.1) is 17.0 Å². The van der Waals surface area contributed by atoms with Gasteiger partial charge in [-0.2, -0.15) is 0 Å². The topological polar surface area (TPSA) is 9.23 Å². The molecule has 1 aromatic carbocycles. The minimum Gasteiger partial charge on any atom is -0.492 e. The Labute approximate surface area is 136 Å². The summed E-state index contributed by atoms with van der Waals surface area (Å²) in [6.07, 6.45) is 7.56. The summed E-state index contributed by atoms with van der Waals surface area (Å²) in [4.78, 5) is 0. The molecule has 0 bridgehead atoms. The van der Waals surface area contributed by atoms with Crippen molar-refractivity contribution >= 4 is 34.8 Å². The molecule has 1 aliphatic rings. The zero-order chi connectivity index (χ0) is 14.5. The van der Waals surface area contributed by atoms with E-state index in [0.29, 0.717) is 22.4 Å². The highest BCUT2D eigenvalue weighted by Crippen LogP contribution is 2.40. The summed E-state index contributed by atoms with van der Waals surface area (Å²) in [5.74, 6) is 1.47. The van der Waals surface area contributed by atoms with Crippen LogP contribution in [0.1, 0.15) is 56.4 Å². The van der Waals surface area contributed by atoms with E-state index in [9.17, 15) is 0 Å². The lowest BCUT2D eigenvalue weighted by molar-refractivity contribution is 0.340. The zero-order valence-electron chi connectivity index (χ0n) is 11.8. The third-order valence-corrected chi connectivity index (χ3v) is 5.07. The largest absolute Gasteiger partial charge is 0.492 e. The fraction of sp³-hybridized carbons (Fsp3) is 0.625. The predicted molar refractivity (Wildman–Crippen MR) is 87.4 cm³/mol. The Hall–Kier alpha value is -0.110. The van der Waals surface area contributed by atoms with Crippen LogP contribution < -0.4 is 4.74 Å². The molecule has 0 aromatic heterocycles. The van der Waals surface area contributed by atoms with Gasteiger partial charge in [0.2, 0.25) is 0 Å². The molecule has 0 radical (unpaired) electrons. The second-order valence-electron chi connectivity index (χ2n) is 5.43. The van der Waals surface area contributed by atoms with Gasteiger partial charge in [-0.15, -0.1) is 11.6 Å². The van der Waals surface area contributed by atoms with Crippen molar-refractivity contribution in [1.82, 2.24) is 0 Å². The van der Waals surface area contributed by atoms with Crippen LogP contribution in [-0.2, 0) is 0 Å². The van der Waals surface area contributed by atoms with E-state index < -0.39 is 0 Å². The summed E-state index contributed by atoms with van der Waals surface area (Å²) < 4.78 is 5.43. The van der Waals surface area contributed by atoms with Crippen LogP contribution in [0.25, 0.3) is 0 Å². The Morgan fingerprint density at radius 1 is 1.20 bits per heavy atom. The molecule has 0 N–H and O–H groups in total. The molecule has 2 rings (SSSR count). The van der Waals surface area contributed by atoms with E-state index in [4.69, 9.17) is 39.5 Å². The van der Waals surface area contributed by atoms with Crippen molar-refractivity contribution in [1.29, 1.82) is 0 Å². The second-order valence-corrected chi connectivity index (χ2v) is 6.77. The van der Waals surface area contributed by atoms with Crippen LogP contribution in [0.15, 0.2) is 12.1 Å². The maximum atomic E-state index is 6.51. The highest BCUT2D eigenvalue weighted by molar-refractivity contribution is 6.35. The number of benzene rings is 1. The van der Waals surface area contributed by atoms with Crippen LogP contribution in [0, 0.1) is 5.92 Å². The van der Waals surface area contributed by atoms with Crippen molar-refractivity contribution in [3.8, 4) is 5.75 Å². The fourth-order valence-corrected chi connectivity index (χ4v) is 3.76. The van der Waals surface area contributed by atoms with E-state index in [2.05, 4.69) is 0 Å². The lowest BCUT2D eigenvalue weighted by atomic mass is 9.98. The molecule has 0 saturated heterocycles. The summed E-state index contributed by atoms with van der Waals surface area (Å²) in [6, 6.07) is 3.62. The molecule has 1 aliphatic carbocycles. The minimum absolute atomic E-state index is 0.0729. The summed E-state index contributed by atoms with van der Waals surface area (Å²) in [7, 11) is 0. The third kappa shape index (κ3) is 4.19. The Balaban J connectivity index is 2.01. The molecule has 4 heteroatoms. The molecule has 1 fully saturated rings. The van der Waals surface area contributed by atoms with Crippen LogP contribution in [0.4, 0.5) is 0 Å². The van der Waals surface area contributed by atoms with E-state index in [1.807, 2.05) is 13.0 Å². The van der Waals surface area contributed by atoms with Crippen molar-refractivity contribution in [3.63, 3.8) is 0 Å². The first-order valence-electron chi connectivity index (χ1n) is 7.37. The molecule has 0 spiro atoms. The molecule has 0 amide bonds. The second kappa shape index (κ2) is 7.77. The van der Waals surface area contributed by atoms with Crippen molar-refractivity contribution in [2.45, 2.75) is 50.8 Å². The smallest absolute Gasteiger partial charge is 0.139 e. The summed E-state index contributed by atoms with van der Waals surface area (Å²) >= 11 is 19.0. The minimum atomic E-state index is -0.0729. The van der Waals surface area contributed by atoms with Gasteiger partial charge in [-0.05, 0) is 37.3 Å². The molecule has 1 unspecified atom stereocenters. The number of alkyl halides is 1. The van der Waals surface area contributed by atoms with E-state index >= 15 is 0 Å². The Morgan fingerprint density at radius 2 is 1.90 bits per heavy atom. The van der Waals surface area contributed by atoms with Crippen molar-refractivity contribution in [3.05, 3.63) is 27.7 Å². The number of halogens is 3. The van der Waals surface area contributed by atoms with Crippen molar-refractivity contribution < 1.29 is 4.74 Å². The highest BCUT2D eigenvalue weighted by atomic mass is 35.5. The monoisotopic (exact) mass is 334 g/mol. The summed E-state index contributed by atoms with van der Waals surface area (Å²) in [5.41, 5.74) is 0.916. The van der Waals surface area contributed by atoms with Crippen molar-refractivity contribution in [2.75, 3.05) is 6.61 Å². The van der Waals surface area contributed by atoms with Gasteiger partial charge in [0.1, 0.15) is 5.75 Å². The average Bonchev–Trinajstić information content (AvgIpc) is 2.93. The maximum absolute atomic E-state index is 6.51. The van der Waals surface area contributed by atoms with Gasteiger partial charge in [0.25, 0.3) is 0 Å². The first kappa shape index (κ1) is 16.3. The SMILES string of the molecule is CCOc1cc(Cl)c(C(Cl)CCC2CCCC2)cc1Cl. The Kier molecular flexibility index (Phi) is 6.32. The molecule has 1 aromatic rings. The quantitative estimate of drug-likeness (QED) is 0.529. The Bertz CT molecular complexity index is 442. The Morgan fingerprint density at radius 3 is 2.55 bits per heavy atom. The standard InChI is InChI=1S/C16H21Cl3O/c1-2-20-16-10-14(18)12(9-15(16)19)13(17)8-7-11-5-3-4-6-11/h9-11,13H,2-8H2,1H3. The van der Waals surface area contributed by atoms with E-state index in [1.165, 1.54) is 32.1 Å². The molecule has 1 nitrogen and oxygen atoms in total. The summed E-state index contributed by atoms with van der Waals surface area (Å²) in [5, 5.41) is 1.15. The van der Waals surface area contributed by atoms with Gasteiger partial charge in [-0.1, -0.05) is 48.9 Å². The first-order valence-corrected chi connectivity index (χ1v) is 8.56. The third-order valence-electron chi connectivity index (χ3n) is 3.99. The van der Waals surface area contributed by atoms with Crippen LogP contribution in [-0.4, -0.2) is 6.61 Å². The van der Waals surface area contributed by atoms with Crippen LogP contribution in [0.3, 0.4) is 0 Å².